The molecule has 18 heavy (non-hydrogen) atoms. The maximum Gasteiger partial charge on any atom is 0.145 e. The monoisotopic (exact) mass is 249 g/mol. The van der Waals surface area contributed by atoms with Crippen molar-refractivity contribution in [2.24, 2.45) is 11.8 Å². The molecule has 2 aliphatic rings. The van der Waals surface area contributed by atoms with Crippen LogP contribution < -0.4 is 10.1 Å². The minimum Gasteiger partial charge on any atom is -0.486 e. The largest absolute Gasteiger partial charge is 0.486 e. The van der Waals surface area contributed by atoms with Gasteiger partial charge in [0.05, 0.1) is 11.7 Å². The van der Waals surface area contributed by atoms with Crippen molar-refractivity contribution in [3.05, 3.63) is 24.0 Å². The third-order valence-corrected chi connectivity index (χ3v) is 4.33. The van der Waals surface area contributed by atoms with Crippen molar-refractivity contribution in [1.29, 1.82) is 0 Å². The van der Waals surface area contributed by atoms with Crippen LogP contribution in [0.4, 0.5) is 10.1 Å². The van der Waals surface area contributed by atoms with E-state index in [4.69, 9.17) is 4.74 Å². The van der Waals surface area contributed by atoms with Crippen molar-refractivity contribution < 1.29 is 9.13 Å². The lowest BCUT2D eigenvalue weighted by Gasteiger charge is -2.42. The highest BCUT2D eigenvalue weighted by Crippen LogP contribution is 2.39. The molecule has 1 aliphatic heterocycles. The van der Waals surface area contributed by atoms with Crippen LogP contribution in [0.1, 0.15) is 33.1 Å². The fourth-order valence-corrected chi connectivity index (χ4v) is 3.15. The van der Waals surface area contributed by atoms with Crippen LogP contribution in [0.25, 0.3) is 0 Å². The Balaban J connectivity index is 1.80. The quantitative estimate of drug-likeness (QED) is 0.817. The van der Waals surface area contributed by atoms with Crippen molar-refractivity contribution in [3.8, 4) is 5.75 Å². The molecule has 1 aromatic rings. The van der Waals surface area contributed by atoms with E-state index in [-0.39, 0.29) is 11.9 Å². The van der Waals surface area contributed by atoms with Crippen molar-refractivity contribution in [3.63, 3.8) is 0 Å². The Morgan fingerprint density at radius 1 is 1.33 bits per heavy atom. The van der Waals surface area contributed by atoms with Crippen LogP contribution in [0.3, 0.4) is 0 Å². The first-order valence-electron chi connectivity index (χ1n) is 6.86. The molecular formula is C15H20FNO. The van der Waals surface area contributed by atoms with Gasteiger partial charge in [0, 0.05) is 6.07 Å². The topological polar surface area (TPSA) is 21.3 Å². The van der Waals surface area contributed by atoms with E-state index in [1.165, 1.54) is 18.6 Å². The number of fused-ring (bicyclic) bond motifs is 2. The average Bonchev–Trinajstić information content (AvgIpc) is 2.35. The Kier molecular flexibility index (Phi) is 2.92. The Labute approximate surface area is 108 Å². The smallest absolute Gasteiger partial charge is 0.145 e. The normalized spacial score (nSPS) is 30.1. The maximum absolute atomic E-state index is 13.2. The van der Waals surface area contributed by atoms with Gasteiger partial charge in [-0.2, -0.15) is 0 Å². The number of ether oxygens (including phenoxy) is 1. The van der Waals surface area contributed by atoms with Gasteiger partial charge in [0.2, 0.25) is 0 Å². The van der Waals surface area contributed by atoms with Crippen molar-refractivity contribution in [2.75, 3.05) is 5.32 Å². The zero-order valence-electron chi connectivity index (χ0n) is 10.9. The van der Waals surface area contributed by atoms with E-state index in [0.29, 0.717) is 11.8 Å². The summed E-state index contributed by atoms with van der Waals surface area (Å²) >= 11 is 0. The molecule has 1 saturated carbocycles. The molecule has 0 radical (unpaired) electrons. The Bertz CT molecular complexity index is 446. The number of anilines is 1. The average molecular weight is 249 g/mol. The van der Waals surface area contributed by atoms with Gasteiger partial charge in [-0.1, -0.05) is 13.8 Å². The van der Waals surface area contributed by atoms with Gasteiger partial charge in [0.25, 0.3) is 0 Å². The molecular weight excluding hydrogens is 229 g/mol. The Morgan fingerprint density at radius 2 is 2.17 bits per heavy atom. The van der Waals surface area contributed by atoms with Crippen LogP contribution in [-0.2, 0) is 0 Å². The summed E-state index contributed by atoms with van der Waals surface area (Å²) in [6.45, 7) is 4.58. The van der Waals surface area contributed by atoms with Crippen LogP contribution in [-0.4, -0.2) is 12.1 Å². The van der Waals surface area contributed by atoms with Gasteiger partial charge in [-0.15, -0.1) is 0 Å². The molecule has 2 nitrogen and oxygen atoms in total. The van der Waals surface area contributed by atoms with Crippen molar-refractivity contribution in [1.82, 2.24) is 0 Å². The van der Waals surface area contributed by atoms with E-state index in [2.05, 4.69) is 19.2 Å². The molecule has 1 aliphatic carbocycles. The van der Waals surface area contributed by atoms with Gasteiger partial charge in [-0.25, -0.2) is 4.39 Å². The number of nitrogens with one attached hydrogen (secondary N) is 1. The highest BCUT2D eigenvalue weighted by Gasteiger charge is 2.36. The number of halogens is 1. The summed E-state index contributed by atoms with van der Waals surface area (Å²) in [4.78, 5) is 0. The third kappa shape index (κ3) is 2.06. The molecule has 1 aromatic carbocycles. The fraction of sp³-hybridized carbons (Fsp3) is 0.600. The van der Waals surface area contributed by atoms with Gasteiger partial charge < -0.3 is 10.1 Å². The number of hydrogen-bond acceptors (Lipinski definition) is 2. The molecule has 3 heteroatoms. The van der Waals surface area contributed by atoms with Gasteiger partial charge in [0.1, 0.15) is 17.7 Å². The van der Waals surface area contributed by atoms with Gasteiger partial charge in [0.15, 0.2) is 0 Å². The van der Waals surface area contributed by atoms with E-state index in [0.717, 1.165) is 30.4 Å². The summed E-state index contributed by atoms with van der Waals surface area (Å²) in [7, 11) is 0. The highest BCUT2D eigenvalue weighted by molar-refractivity contribution is 5.59. The van der Waals surface area contributed by atoms with Gasteiger partial charge in [-0.05, 0) is 43.2 Å². The summed E-state index contributed by atoms with van der Waals surface area (Å²) in [6.07, 6.45) is 3.63. The molecule has 0 aromatic heterocycles. The van der Waals surface area contributed by atoms with Crippen LogP contribution in [0.5, 0.6) is 5.75 Å². The second-order valence-electron chi connectivity index (χ2n) is 5.86. The number of hydrogen-bond donors (Lipinski definition) is 1. The van der Waals surface area contributed by atoms with Gasteiger partial charge >= 0.3 is 0 Å². The first-order chi connectivity index (χ1) is 8.63. The van der Waals surface area contributed by atoms with Crippen LogP contribution >= 0.6 is 0 Å². The molecule has 3 rings (SSSR count). The minimum atomic E-state index is -0.232. The van der Waals surface area contributed by atoms with Gasteiger partial charge in [-0.3, -0.25) is 0 Å². The lowest BCUT2D eigenvalue weighted by molar-refractivity contribution is 0.0944. The predicted molar refractivity (Wildman–Crippen MR) is 70.4 cm³/mol. The predicted octanol–water partition coefficient (Wildman–Crippen LogP) is 3.82. The molecule has 0 bridgehead atoms. The molecule has 98 valence electrons. The first kappa shape index (κ1) is 11.8. The fourth-order valence-electron chi connectivity index (χ4n) is 3.15. The second kappa shape index (κ2) is 4.45. The molecule has 3 unspecified atom stereocenters. The molecule has 0 spiro atoms. The molecule has 0 saturated heterocycles. The molecule has 0 amide bonds. The number of benzene rings is 1. The second-order valence-corrected chi connectivity index (χ2v) is 5.86. The van der Waals surface area contributed by atoms with Crippen molar-refractivity contribution in [2.45, 2.75) is 45.3 Å². The van der Waals surface area contributed by atoms with Crippen molar-refractivity contribution >= 4 is 5.69 Å². The zero-order valence-corrected chi connectivity index (χ0v) is 10.9. The van der Waals surface area contributed by atoms with E-state index >= 15 is 0 Å². The molecule has 1 fully saturated rings. The Hall–Kier alpha value is -1.25. The zero-order chi connectivity index (χ0) is 12.7. The summed E-state index contributed by atoms with van der Waals surface area (Å²) in [6, 6.07) is 5.12. The third-order valence-electron chi connectivity index (χ3n) is 4.33. The van der Waals surface area contributed by atoms with E-state index in [1.54, 1.807) is 6.07 Å². The first-order valence-corrected chi connectivity index (χ1v) is 6.86. The van der Waals surface area contributed by atoms with E-state index in [9.17, 15) is 4.39 Å². The standard InChI is InChI=1S/C15H20FNO/c1-9(2)10-3-6-14-13(7-10)17-12-5-4-11(16)8-15(12)18-14/h4-5,8-10,13-14,17H,3,6-7H2,1-2H3. The summed E-state index contributed by atoms with van der Waals surface area (Å²) < 4.78 is 19.1. The summed E-state index contributed by atoms with van der Waals surface area (Å²) in [5.41, 5.74) is 0.932. The van der Waals surface area contributed by atoms with E-state index in [1.807, 2.05) is 0 Å². The van der Waals surface area contributed by atoms with Crippen LogP contribution in [0, 0.1) is 17.7 Å². The SMILES string of the molecule is CC(C)C1CCC2Oc3cc(F)ccc3NC2C1. The Morgan fingerprint density at radius 3 is 2.94 bits per heavy atom. The van der Waals surface area contributed by atoms with Crippen LogP contribution in [0.15, 0.2) is 18.2 Å². The summed E-state index contributed by atoms with van der Waals surface area (Å²) in [5, 5.41) is 3.52. The minimum absolute atomic E-state index is 0.203. The molecule has 1 N–H and O–H groups in total. The van der Waals surface area contributed by atoms with Crippen LogP contribution in [0.2, 0.25) is 0 Å². The number of rotatable bonds is 1. The molecule has 3 atom stereocenters. The summed E-state index contributed by atoms with van der Waals surface area (Å²) in [5.74, 6) is 1.93. The highest BCUT2D eigenvalue weighted by atomic mass is 19.1. The lowest BCUT2D eigenvalue weighted by atomic mass is 9.77. The maximum atomic E-state index is 13.2. The molecule has 1 heterocycles. The van der Waals surface area contributed by atoms with E-state index < -0.39 is 0 Å². The lowest BCUT2D eigenvalue weighted by Crippen LogP contribution is -2.46.